The number of carbonyl (C=O) groups is 1. The van der Waals surface area contributed by atoms with Crippen molar-refractivity contribution in [3.05, 3.63) is 60.1 Å². The summed E-state index contributed by atoms with van der Waals surface area (Å²) < 4.78 is 18.7. The molecule has 0 bridgehead atoms. The lowest BCUT2D eigenvalue weighted by Crippen LogP contribution is -2.49. The quantitative estimate of drug-likeness (QED) is 0.545. The van der Waals surface area contributed by atoms with Crippen molar-refractivity contribution in [1.29, 1.82) is 0 Å². The summed E-state index contributed by atoms with van der Waals surface area (Å²) in [5.74, 6) is -0.959. The molecule has 3 heterocycles. The third-order valence-corrected chi connectivity index (χ3v) is 6.50. The van der Waals surface area contributed by atoms with Crippen molar-refractivity contribution in [2.24, 2.45) is 0 Å². The molecule has 0 spiro atoms. The summed E-state index contributed by atoms with van der Waals surface area (Å²) in [7, 11) is 1.54. The van der Waals surface area contributed by atoms with Crippen LogP contribution in [0, 0.1) is 0 Å². The highest BCUT2D eigenvalue weighted by molar-refractivity contribution is 5.92. The van der Waals surface area contributed by atoms with E-state index in [4.69, 9.17) is 9.72 Å². The van der Waals surface area contributed by atoms with Crippen molar-refractivity contribution in [2.75, 3.05) is 38.2 Å². The Labute approximate surface area is 197 Å². The number of aromatic nitrogens is 3. The van der Waals surface area contributed by atoms with Gasteiger partial charge in [0, 0.05) is 37.9 Å². The first kappa shape index (κ1) is 22.0. The van der Waals surface area contributed by atoms with Crippen molar-refractivity contribution in [3.8, 4) is 17.1 Å². The fourth-order valence-electron chi connectivity index (χ4n) is 4.80. The van der Waals surface area contributed by atoms with E-state index in [0.29, 0.717) is 43.0 Å². The Hall–Kier alpha value is -3.81. The average molecular weight is 460 g/mol. The molecule has 0 N–H and O–H groups in total. The molecule has 0 atom stereocenters. The molecule has 1 fully saturated rings. The number of pyridine rings is 1. The molecule has 174 valence electrons. The number of benzene rings is 1. The van der Waals surface area contributed by atoms with Gasteiger partial charge in [0.1, 0.15) is 5.52 Å². The molecule has 0 radical (unpaired) electrons. The highest BCUT2D eigenvalue weighted by atomic mass is 19.1. The van der Waals surface area contributed by atoms with Gasteiger partial charge >= 0.3 is 6.01 Å². The SMILES string of the molecule is C=C(F)C(=O)N1CCN(c2nc(OC)nc3cc(-c4cccc5c4C(C)=CCC5)cnc23)CC1. The molecule has 1 aliphatic carbocycles. The minimum Gasteiger partial charge on any atom is -0.467 e. The Balaban J connectivity index is 1.53. The molecule has 3 aromatic rings. The van der Waals surface area contributed by atoms with Crippen LogP contribution in [0.5, 0.6) is 6.01 Å². The van der Waals surface area contributed by atoms with E-state index in [2.05, 4.69) is 47.7 Å². The van der Waals surface area contributed by atoms with Crippen LogP contribution in [0.4, 0.5) is 10.2 Å². The molecule has 34 heavy (non-hydrogen) atoms. The Morgan fingerprint density at radius 3 is 2.71 bits per heavy atom. The van der Waals surface area contributed by atoms with Crippen molar-refractivity contribution in [3.63, 3.8) is 0 Å². The summed E-state index contributed by atoms with van der Waals surface area (Å²) in [5.41, 5.74) is 7.37. The number of anilines is 1. The fraction of sp³-hybridized carbons (Fsp3) is 0.308. The highest BCUT2D eigenvalue weighted by Crippen LogP contribution is 2.36. The van der Waals surface area contributed by atoms with Crippen LogP contribution < -0.4 is 9.64 Å². The molecule has 1 aromatic carbocycles. The minimum atomic E-state index is -0.940. The first-order valence-corrected chi connectivity index (χ1v) is 11.4. The van der Waals surface area contributed by atoms with E-state index < -0.39 is 11.7 Å². The normalized spacial score (nSPS) is 15.7. The Morgan fingerprint density at radius 1 is 1.18 bits per heavy atom. The van der Waals surface area contributed by atoms with Crippen LogP contribution in [0.1, 0.15) is 24.5 Å². The number of piperazine rings is 1. The zero-order valence-electron chi connectivity index (χ0n) is 19.3. The van der Waals surface area contributed by atoms with E-state index in [1.54, 1.807) is 0 Å². The Bertz CT molecular complexity index is 1330. The van der Waals surface area contributed by atoms with E-state index in [0.717, 1.165) is 24.0 Å². The van der Waals surface area contributed by atoms with E-state index >= 15 is 0 Å². The van der Waals surface area contributed by atoms with Gasteiger partial charge in [0.05, 0.1) is 12.6 Å². The van der Waals surface area contributed by atoms with Gasteiger partial charge in [-0.15, -0.1) is 0 Å². The zero-order chi connectivity index (χ0) is 23.8. The number of carbonyl (C=O) groups excluding carboxylic acids is 1. The zero-order valence-corrected chi connectivity index (χ0v) is 19.3. The molecule has 1 saturated heterocycles. The lowest BCUT2D eigenvalue weighted by atomic mass is 9.86. The number of fused-ring (bicyclic) bond motifs is 2. The molecule has 1 amide bonds. The molecular formula is C26H26FN5O2. The van der Waals surface area contributed by atoms with E-state index in [1.165, 1.54) is 28.7 Å². The van der Waals surface area contributed by atoms with Gasteiger partial charge in [-0.25, -0.2) is 4.39 Å². The molecule has 2 aromatic heterocycles. The minimum absolute atomic E-state index is 0.253. The monoisotopic (exact) mass is 459 g/mol. The number of ether oxygens (including phenoxy) is 1. The molecule has 7 nitrogen and oxygen atoms in total. The standard InChI is InChI=1S/C26H26FN5O2/c1-16-6-4-7-18-8-5-9-20(22(16)18)19-14-21-23(28-15-19)24(30-26(29-21)34-3)31-10-12-32(13-11-31)25(33)17(2)27/h5-6,8-9,14-15H,2,4,7,10-13H2,1,3H3. The van der Waals surface area contributed by atoms with Crippen molar-refractivity contribution >= 4 is 28.3 Å². The summed E-state index contributed by atoms with van der Waals surface area (Å²) in [6.07, 6.45) is 6.24. The summed E-state index contributed by atoms with van der Waals surface area (Å²) in [5, 5.41) is 0. The Morgan fingerprint density at radius 2 is 1.97 bits per heavy atom. The number of halogens is 1. The third kappa shape index (κ3) is 3.89. The number of nitrogens with zero attached hydrogens (tertiary/aromatic N) is 5. The van der Waals surface area contributed by atoms with Crippen LogP contribution in [-0.2, 0) is 11.2 Å². The number of hydrogen-bond acceptors (Lipinski definition) is 6. The van der Waals surface area contributed by atoms with Crippen LogP contribution in [-0.4, -0.2) is 59.0 Å². The molecule has 0 saturated carbocycles. The average Bonchev–Trinajstić information content (AvgIpc) is 2.87. The summed E-state index contributed by atoms with van der Waals surface area (Å²) in [6, 6.07) is 8.69. The lowest BCUT2D eigenvalue weighted by molar-refractivity contribution is -0.128. The van der Waals surface area contributed by atoms with Gasteiger partial charge in [-0.05, 0) is 48.1 Å². The second-order valence-corrected chi connectivity index (χ2v) is 8.58. The summed E-state index contributed by atoms with van der Waals surface area (Å²) in [6.45, 7) is 7.00. The molecule has 1 aliphatic heterocycles. The largest absolute Gasteiger partial charge is 0.467 e. The highest BCUT2D eigenvalue weighted by Gasteiger charge is 2.26. The third-order valence-electron chi connectivity index (χ3n) is 6.50. The number of rotatable bonds is 4. The van der Waals surface area contributed by atoms with Crippen LogP contribution in [0.3, 0.4) is 0 Å². The van der Waals surface area contributed by atoms with Gasteiger partial charge < -0.3 is 14.5 Å². The Kier molecular flexibility index (Phi) is 5.73. The second-order valence-electron chi connectivity index (χ2n) is 8.58. The van der Waals surface area contributed by atoms with Crippen LogP contribution in [0.15, 0.2) is 48.9 Å². The van der Waals surface area contributed by atoms with Crippen molar-refractivity contribution < 1.29 is 13.9 Å². The van der Waals surface area contributed by atoms with Gasteiger partial charge in [-0.2, -0.15) is 9.97 Å². The molecular weight excluding hydrogens is 433 g/mol. The van der Waals surface area contributed by atoms with Gasteiger partial charge in [-0.3, -0.25) is 9.78 Å². The van der Waals surface area contributed by atoms with E-state index in [1.807, 2.05) is 17.2 Å². The maximum absolute atomic E-state index is 13.3. The first-order valence-electron chi connectivity index (χ1n) is 11.4. The van der Waals surface area contributed by atoms with Gasteiger partial charge in [-0.1, -0.05) is 30.9 Å². The molecule has 5 rings (SSSR count). The summed E-state index contributed by atoms with van der Waals surface area (Å²) >= 11 is 0. The number of hydrogen-bond donors (Lipinski definition) is 0. The molecule has 0 unspecified atom stereocenters. The maximum Gasteiger partial charge on any atom is 0.318 e. The number of amides is 1. The first-order chi connectivity index (χ1) is 16.5. The maximum atomic E-state index is 13.3. The van der Waals surface area contributed by atoms with Gasteiger partial charge in [0.25, 0.3) is 5.91 Å². The smallest absolute Gasteiger partial charge is 0.318 e. The number of methoxy groups -OCH3 is 1. The van der Waals surface area contributed by atoms with Gasteiger partial charge in [0.15, 0.2) is 11.6 Å². The second kappa shape index (κ2) is 8.85. The topological polar surface area (TPSA) is 71.5 Å². The predicted octanol–water partition coefficient (Wildman–Crippen LogP) is 4.18. The van der Waals surface area contributed by atoms with E-state index in [-0.39, 0.29) is 6.01 Å². The molecule has 8 heteroatoms. The lowest BCUT2D eigenvalue weighted by Gasteiger charge is -2.35. The van der Waals surface area contributed by atoms with Crippen molar-refractivity contribution in [1.82, 2.24) is 19.9 Å². The van der Waals surface area contributed by atoms with Crippen LogP contribution in [0.2, 0.25) is 0 Å². The van der Waals surface area contributed by atoms with Gasteiger partial charge in [0.2, 0.25) is 0 Å². The van der Waals surface area contributed by atoms with Crippen molar-refractivity contribution in [2.45, 2.75) is 19.8 Å². The number of allylic oxidation sites excluding steroid dienone is 2. The van der Waals surface area contributed by atoms with Crippen LogP contribution in [0.25, 0.3) is 27.7 Å². The summed E-state index contributed by atoms with van der Waals surface area (Å²) in [4.78, 5) is 29.3. The fourth-order valence-corrected chi connectivity index (χ4v) is 4.80. The van der Waals surface area contributed by atoms with Crippen LogP contribution >= 0.6 is 0 Å². The predicted molar refractivity (Wildman–Crippen MR) is 130 cm³/mol. The molecule has 2 aliphatic rings. The number of aryl methyl sites for hydroxylation is 1. The van der Waals surface area contributed by atoms with E-state index in [9.17, 15) is 9.18 Å².